The van der Waals surface area contributed by atoms with Gasteiger partial charge in [0, 0.05) is 5.56 Å². The second-order valence-corrected chi connectivity index (χ2v) is 4.97. The fourth-order valence-electron chi connectivity index (χ4n) is 1.65. The van der Waals surface area contributed by atoms with Crippen LogP contribution in [0, 0.1) is 13.8 Å². The Bertz CT molecular complexity index is 642. The number of urea groups is 1. The molecule has 0 heterocycles. The molecule has 8 nitrogen and oxygen atoms in total. The average Bonchev–Trinajstić information content (AvgIpc) is 2.46. The number of ether oxygens (including phenoxy) is 1. The highest BCUT2D eigenvalue weighted by atomic mass is 16.5. The number of primary amides is 1. The molecule has 1 atom stereocenters. The highest BCUT2D eigenvalue weighted by molar-refractivity contribution is 5.98. The molecule has 0 aromatic heterocycles. The molecule has 23 heavy (non-hydrogen) atoms. The Morgan fingerprint density at radius 3 is 2.39 bits per heavy atom. The van der Waals surface area contributed by atoms with Crippen LogP contribution in [0.4, 0.5) is 4.79 Å². The van der Waals surface area contributed by atoms with E-state index in [-0.39, 0.29) is 0 Å². The number of aryl methyl sites for hydroxylation is 2. The van der Waals surface area contributed by atoms with Crippen molar-refractivity contribution >= 4 is 23.8 Å². The maximum Gasteiger partial charge on any atom is 0.326 e. The Labute approximate surface area is 133 Å². The van der Waals surface area contributed by atoms with Gasteiger partial charge in [-0.05, 0) is 44.0 Å². The Kier molecular flexibility index (Phi) is 6.25. The smallest absolute Gasteiger partial charge is 0.326 e. The van der Waals surface area contributed by atoms with Crippen molar-refractivity contribution in [2.24, 2.45) is 5.73 Å². The number of imide groups is 1. The molecule has 8 heteroatoms. The zero-order valence-electron chi connectivity index (χ0n) is 13.1. The molecule has 1 rings (SSSR count). The van der Waals surface area contributed by atoms with E-state index in [0.717, 1.165) is 11.1 Å². The zero-order valence-corrected chi connectivity index (χ0v) is 13.1. The molecule has 1 aromatic carbocycles. The zero-order chi connectivity index (χ0) is 17.6. The van der Waals surface area contributed by atoms with Crippen LogP contribution in [-0.2, 0) is 14.3 Å². The summed E-state index contributed by atoms with van der Waals surface area (Å²) in [4.78, 5) is 45.3. The molecule has 0 fully saturated rings. The number of carbonyl (C=O) groups excluding carboxylic acids is 4. The minimum absolute atomic E-state index is 0.403. The fourth-order valence-corrected chi connectivity index (χ4v) is 1.65. The lowest BCUT2D eigenvalue weighted by molar-refractivity contribution is -0.153. The number of nitrogens with one attached hydrogen (secondary N) is 2. The van der Waals surface area contributed by atoms with Gasteiger partial charge in [-0.3, -0.25) is 19.7 Å². The van der Waals surface area contributed by atoms with E-state index >= 15 is 0 Å². The number of rotatable bonds is 5. The fraction of sp³-hybridized carbons (Fsp3) is 0.333. The molecule has 0 saturated heterocycles. The summed E-state index contributed by atoms with van der Waals surface area (Å²) in [5.74, 6) is -2.08. The van der Waals surface area contributed by atoms with Gasteiger partial charge in [-0.2, -0.15) is 0 Å². The van der Waals surface area contributed by atoms with Gasteiger partial charge >= 0.3 is 12.0 Å². The number of hydrogen-bond acceptors (Lipinski definition) is 5. The molecule has 0 aliphatic rings. The molecule has 0 unspecified atom stereocenters. The lowest BCUT2D eigenvalue weighted by Gasteiger charge is -2.12. The number of amides is 4. The van der Waals surface area contributed by atoms with E-state index in [9.17, 15) is 19.2 Å². The van der Waals surface area contributed by atoms with Crippen LogP contribution in [0.15, 0.2) is 18.2 Å². The molecule has 4 amide bonds. The Hall–Kier alpha value is -2.90. The third-order valence-electron chi connectivity index (χ3n) is 3.09. The van der Waals surface area contributed by atoms with Crippen molar-refractivity contribution in [3.8, 4) is 0 Å². The van der Waals surface area contributed by atoms with E-state index in [2.05, 4.69) is 5.32 Å². The highest BCUT2D eigenvalue weighted by Crippen LogP contribution is 2.09. The molecule has 0 bridgehead atoms. The summed E-state index contributed by atoms with van der Waals surface area (Å²) in [6, 6.07) is 4.12. The quantitative estimate of drug-likeness (QED) is 0.666. The maximum atomic E-state index is 11.9. The predicted molar refractivity (Wildman–Crippen MR) is 81.5 cm³/mol. The van der Waals surface area contributed by atoms with Gasteiger partial charge in [0.05, 0.1) is 0 Å². The third kappa shape index (κ3) is 5.77. The predicted octanol–water partition coefficient (Wildman–Crippen LogP) is 0.160. The molecule has 0 saturated carbocycles. The lowest BCUT2D eigenvalue weighted by atomic mass is 10.1. The van der Waals surface area contributed by atoms with E-state index in [1.54, 1.807) is 23.5 Å². The summed E-state index contributed by atoms with van der Waals surface area (Å²) in [6.45, 7) is 4.67. The lowest BCUT2D eigenvalue weighted by Crippen LogP contribution is -2.43. The van der Waals surface area contributed by atoms with Crippen LogP contribution in [0.2, 0.25) is 0 Å². The van der Waals surface area contributed by atoms with E-state index < -0.39 is 36.5 Å². The van der Waals surface area contributed by atoms with Crippen molar-refractivity contribution < 1.29 is 23.9 Å². The summed E-state index contributed by atoms with van der Waals surface area (Å²) < 4.78 is 4.77. The van der Waals surface area contributed by atoms with Crippen LogP contribution in [0.1, 0.15) is 28.4 Å². The van der Waals surface area contributed by atoms with Crippen molar-refractivity contribution in [3.05, 3.63) is 34.9 Å². The molecule has 0 aliphatic heterocycles. The Balaban J connectivity index is 2.49. The van der Waals surface area contributed by atoms with Crippen LogP contribution in [-0.4, -0.2) is 36.5 Å². The van der Waals surface area contributed by atoms with Gasteiger partial charge in [-0.25, -0.2) is 4.79 Å². The molecule has 4 N–H and O–H groups in total. The maximum absolute atomic E-state index is 11.9. The molecule has 0 aliphatic carbocycles. The van der Waals surface area contributed by atoms with Crippen LogP contribution >= 0.6 is 0 Å². The summed E-state index contributed by atoms with van der Waals surface area (Å²) in [5, 5.41) is 4.18. The number of benzene rings is 1. The summed E-state index contributed by atoms with van der Waals surface area (Å²) in [5.41, 5.74) is 7.20. The van der Waals surface area contributed by atoms with Crippen LogP contribution in [0.3, 0.4) is 0 Å². The summed E-state index contributed by atoms with van der Waals surface area (Å²) in [7, 11) is 0. The minimum atomic E-state index is -1.20. The number of carbonyl (C=O) groups is 4. The van der Waals surface area contributed by atoms with Crippen molar-refractivity contribution in [3.63, 3.8) is 0 Å². The van der Waals surface area contributed by atoms with Crippen LogP contribution < -0.4 is 16.4 Å². The van der Waals surface area contributed by atoms with Crippen molar-refractivity contribution in [1.29, 1.82) is 0 Å². The summed E-state index contributed by atoms with van der Waals surface area (Å²) in [6.07, 6.45) is -1.20. The first-order valence-corrected chi connectivity index (χ1v) is 6.86. The number of esters is 1. The van der Waals surface area contributed by atoms with Gasteiger partial charge in [0.2, 0.25) is 0 Å². The topological polar surface area (TPSA) is 128 Å². The molecule has 124 valence electrons. The highest BCUT2D eigenvalue weighted by Gasteiger charge is 2.19. The van der Waals surface area contributed by atoms with E-state index in [1.807, 2.05) is 13.8 Å². The third-order valence-corrected chi connectivity index (χ3v) is 3.09. The number of hydrogen-bond donors (Lipinski definition) is 3. The van der Waals surface area contributed by atoms with Gasteiger partial charge < -0.3 is 15.8 Å². The normalized spacial score (nSPS) is 11.3. The SMILES string of the molecule is Cc1ccc(C(=O)NCC(=O)O[C@@H](C)C(=O)NC(N)=O)cc1C. The monoisotopic (exact) mass is 321 g/mol. The Morgan fingerprint density at radius 2 is 1.83 bits per heavy atom. The number of nitrogens with two attached hydrogens (primary N) is 1. The standard InChI is InChI=1S/C15H19N3O5/c1-8-4-5-11(6-9(8)2)14(21)17-7-12(19)23-10(3)13(20)18-15(16)22/h4-6,10H,7H2,1-3H3,(H,17,21)(H3,16,18,20,22)/t10-/m0/s1. The van der Waals surface area contributed by atoms with Crippen molar-refractivity contribution in [2.75, 3.05) is 6.54 Å². The second-order valence-electron chi connectivity index (χ2n) is 4.97. The van der Waals surface area contributed by atoms with Gasteiger partial charge in [0.15, 0.2) is 6.10 Å². The van der Waals surface area contributed by atoms with E-state index in [0.29, 0.717) is 5.56 Å². The second kappa shape index (κ2) is 7.92. The van der Waals surface area contributed by atoms with Crippen molar-refractivity contribution in [2.45, 2.75) is 26.9 Å². The van der Waals surface area contributed by atoms with Gasteiger partial charge in [0.25, 0.3) is 11.8 Å². The average molecular weight is 321 g/mol. The summed E-state index contributed by atoms with van der Waals surface area (Å²) >= 11 is 0. The van der Waals surface area contributed by atoms with Gasteiger partial charge in [-0.1, -0.05) is 6.07 Å². The van der Waals surface area contributed by atoms with Crippen molar-refractivity contribution in [1.82, 2.24) is 10.6 Å². The van der Waals surface area contributed by atoms with Crippen LogP contribution in [0.5, 0.6) is 0 Å². The molecule has 1 aromatic rings. The molecular formula is C15H19N3O5. The van der Waals surface area contributed by atoms with E-state index in [4.69, 9.17) is 10.5 Å². The van der Waals surface area contributed by atoms with Gasteiger partial charge in [0.1, 0.15) is 6.54 Å². The Morgan fingerprint density at radius 1 is 1.17 bits per heavy atom. The first-order valence-electron chi connectivity index (χ1n) is 6.86. The van der Waals surface area contributed by atoms with E-state index in [1.165, 1.54) is 6.92 Å². The van der Waals surface area contributed by atoms with Crippen LogP contribution in [0.25, 0.3) is 0 Å². The molecule has 0 radical (unpaired) electrons. The largest absolute Gasteiger partial charge is 0.451 e. The minimum Gasteiger partial charge on any atom is -0.451 e. The molecular weight excluding hydrogens is 302 g/mol. The van der Waals surface area contributed by atoms with Gasteiger partial charge in [-0.15, -0.1) is 0 Å². The molecule has 0 spiro atoms. The first kappa shape index (κ1) is 18.1. The first-order chi connectivity index (χ1) is 10.7.